The number of hydrogen-bond acceptors (Lipinski definition) is 8. The van der Waals surface area contributed by atoms with E-state index in [4.69, 9.17) is 4.74 Å². The molecule has 1 fully saturated rings. The molecule has 3 aromatic carbocycles. The van der Waals surface area contributed by atoms with E-state index in [0.717, 1.165) is 76.5 Å². The van der Waals surface area contributed by atoms with Crippen LogP contribution in [0.25, 0.3) is 11.1 Å². The number of nitrogens with zero attached hydrogens (tertiary/aromatic N) is 4. The minimum Gasteiger partial charge on any atom is -0.444 e. The van der Waals surface area contributed by atoms with Gasteiger partial charge in [0, 0.05) is 54.5 Å². The lowest BCUT2D eigenvalue weighted by atomic mass is 9.77. The first-order valence-electron chi connectivity index (χ1n) is 19.9. The number of alkyl carbamates (subject to hydrolysis) is 1. The first-order valence-corrected chi connectivity index (χ1v) is 19.9. The second kappa shape index (κ2) is 18.7. The third kappa shape index (κ3) is 12.8. The number of hydrogen-bond donors (Lipinski definition) is 2. The Kier molecular flexibility index (Phi) is 14.1. The van der Waals surface area contributed by atoms with Crippen LogP contribution in [0.3, 0.4) is 0 Å². The van der Waals surface area contributed by atoms with Crippen molar-refractivity contribution in [3.8, 4) is 11.1 Å². The summed E-state index contributed by atoms with van der Waals surface area (Å²) in [6, 6.07) is 21.4. The Morgan fingerprint density at radius 3 is 2.18 bits per heavy atom. The summed E-state index contributed by atoms with van der Waals surface area (Å²) in [7, 11) is 6.40. The number of amidine groups is 1. The molecule has 0 radical (unpaired) electrons. The third-order valence-corrected chi connectivity index (χ3v) is 10.4. The maximum atomic E-state index is 13.9. The molecule has 0 bridgehead atoms. The Hall–Kier alpha value is -5.03. The van der Waals surface area contributed by atoms with Gasteiger partial charge in [0.2, 0.25) is 5.91 Å². The maximum Gasteiger partial charge on any atom is 0.407 e. The second-order valence-electron chi connectivity index (χ2n) is 17.4. The lowest BCUT2D eigenvalue weighted by Crippen LogP contribution is -2.37. The summed E-state index contributed by atoms with van der Waals surface area (Å²) in [5.74, 6) is 0.205. The normalized spacial score (nSPS) is 17.5. The van der Waals surface area contributed by atoms with Gasteiger partial charge in [-0.25, -0.2) is 9.79 Å². The van der Waals surface area contributed by atoms with E-state index >= 15 is 0 Å². The van der Waals surface area contributed by atoms with Crippen LogP contribution >= 0.6 is 0 Å². The van der Waals surface area contributed by atoms with Crippen molar-refractivity contribution in [3.05, 3.63) is 89.0 Å². The fraction of sp³-hybridized carbons (Fsp3) is 0.489. The van der Waals surface area contributed by atoms with E-state index in [1.165, 1.54) is 0 Å². The van der Waals surface area contributed by atoms with Crippen molar-refractivity contribution in [3.63, 3.8) is 0 Å². The average molecular weight is 764 g/mol. The Labute approximate surface area is 332 Å². The van der Waals surface area contributed by atoms with Crippen molar-refractivity contribution < 1.29 is 28.4 Å². The van der Waals surface area contributed by atoms with Crippen molar-refractivity contribution >= 4 is 35.1 Å². The van der Waals surface area contributed by atoms with Gasteiger partial charge in [-0.05, 0) is 118 Å². The molecule has 11 heteroatoms. The van der Waals surface area contributed by atoms with Crippen molar-refractivity contribution in [1.82, 2.24) is 5.32 Å². The number of aliphatic imine (C=N–C) groups is 1. The summed E-state index contributed by atoms with van der Waals surface area (Å²) in [5.41, 5.74) is 5.69. The Bertz CT molecular complexity index is 1910. The largest absolute Gasteiger partial charge is 0.444 e. The molecule has 3 aromatic rings. The molecule has 1 aliphatic carbocycles. The van der Waals surface area contributed by atoms with E-state index in [2.05, 4.69) is 47.0 Å². The Morgan fingerprint density at radius 2 is 1.57 bits per heavy atom. The summed E-state index contributed by atoms with van der Waals surface area (Å²) < 4.78 is 6.21. The summed E-state index contributed by atoms with van der Waals surface area (Å²) >= 11 is 0. The second-order valence-corrected chi connectivity index (χ2v) is 17.4. The Balaban J connectivity index is 1.24. The highest BCUT2D eigenvalue weighted by atomic mass is 16.6. The quantitative estimate of drug-likeness (QED) is 0.111. The zero-order chi connectivity index (χ0) is 40.5. The summed E-state index contributed by atoms with van der Waals surface area (Å²) in [6.45, 7) is 9.32. The van der Waals surface area contributed by atoms with Crippen molar-refractivity contribution in [2.75, 3.05) is 46.2 Å². The van der Waals surface area contributed by atoms with E-state index in [1.54, 1.807) is 0 Å². The molecule has 56 heavy (non-hydrogen) atoms. The molecule has 5 rings (SSSR count). The number of carbonyl (C=O) groups is 4. The van der Waals surface area contributed by atoms with Crippen molar-refractivity contribution in [1.29, 1.82) is 0 Å². The lowest BCUT2D eigenvalue weighted by Gasteiger charge is -2.29. The smallest absolute Gasteiger partial charge is 0.407 e. The molecule has 1 heterocycles. The first-order chi connectivity index (χ1) is 26.5. The number of Topliss-reactive ketones (excluding diaryl/α,β-unsaturated/α-hetero) is 2. The van der Waals surface area contributed by atoms with Gasteiger partial charge in [0.25, 0.3) is 0 Å². The van der Waals surface area contributed by atoms with Gasteiger partial charge in [0.1, 0.15) is 11.4 Å². The van der Waals surface area contributed by atoms with Crippen LogP contribution in [0.2, 0.25) is 0 Å². The zero-order valence-corrected chi connectivity index (χ0v) is 34.2. The minimum atomic E-state index is -0.572. The molecule has 0 spiro atoms. The van der Waals surface area contributed by atoms with Crippen LogP contribution in [0.4, 0.5) is 10.5 Å². The van der Waals surface area contributed by atoms with Gasteiger partial charge in [-0.1, -0.05) is 36.4 Å². The van der Waals surface area contributed by atoms with E-state index in [-0.39, 0.29) is 35.7 Å². The topological polar surface area (TPSA) is 139 Å². The maximum absolute atomic E-state index is 13.9. The lowest BCUT2D eigenvalue weighted by molar-refractivity contribution is -0.870. The van der Waals surface area contributed by atoms with Gasteiger partial charge in [-0.2, -0.15) is 5.11 Å². The number of benzene rings is 3. The van der Waals surface area contributed by atoms with E-state index in [0.29, 0.717) is 37.6 Å². The van der Waals surface area contributed by atoms with Crippen LogP contribution in [0.5, 0.6) is 0 Å². The highest BCUT2D eigenvalue weighted by Crippen LogP contribution is 2.32. The summed E-state index contributed by atoms with van der Waals surface area (Å²) in [6.07, 6.45) is 4.60. The fourth-order valence-electron chi connectivity index (χ4n) is 7.35. The molecule has 2 amide bonds. The predicted molar refractivity (Wildman–Crippen MR) is 221 cm³/mol. The fourth-order valence-corrected chi connectivity index (χ4v) is 7.35. The molecule has 298 valence electrons. The van der Waals surface area contributed by atoms with Crippen LogP contribution in [0, 0.1) is 24.7 Å². The molecular formula is C45H59N6O5+. The van der Waals surface area contributed by atoms with Crippen LogP contribution < -0.4 is 10.6 Å². The van der Waals surface area contributed by atoms with Crippen LogP contribution in [-0.4, -0.2) is 80.4 Å². The van der Waals surface area contributed by atoms with E-state index in [1.807, 2.05) is 94.4 Å². The number of ether oxygens (including phenoxy) is 1. The van der Waals surface area contributed by atoms with Gasteiger partial charge in [-0.15, -0.1) is 5.11 Å². The zero-order valence-electron chi connectivity index (χ0n) is 34.2. The minimum absolute atomic E-state index is 0.100. The molecule has 1 atom stereocenters. The SMILES string of the molecule is Cc1cc(C(=O)CCC[N+](C)(C)C)ccc1-c1ccc(C[C@H](CC(=O)C2CCC(CNC(=O)OC(C)(C)C)CC2)C(=O)Nc2ccc(C3=NCN=N3)cc2)cc1. The van der Waals surface area contributed by atoms with Gasteiger partial charge >= 0.3 is 6.09 Å². The number of ketones is 2. The molecule has 11 nitrogen and oxygen atoms in total. The number of rotatable bonds is 16. The monoisotopic (exact) mass is 763 g/mol. The van der Waals surface area contributed by atoms with Crippen molar-refractivity contribution in [2.45, 2.75) is 84.7 Å². The number of amides is 2. The standard InChI is InChI=1S/C45H58N6O5/c1-30-25-36(40(52)9-8-24-51(5,6)7)20-23-39(30)33-14-10-31(11-15-33)26-37(43(54)49-38-21-18-35(19-22-38)42-47-29-48-50-42)27-41(53)34-16-12-32(13-17-34)28-46-44(55)56-45(2,3)4/h10-11,14-15,18-23,25,32,34,37H,8-9,12-13,16-17,24,26-29H2,1-7H3,(H-,46,47,49,54,55)/p+1/t32?,34?,37-/m1/s1. The number of azo groups is 1. The van der Waals surface area contributed by atoms with Gasteiger partial charge < -0.3 is 19.9 Å². The highest BCUT2D eigenvalue weighted by Gasteiger charge is 2.31. The Morgan fingerprint density at radius 1 is 0.893 bits per heavy atom. The predicted octanol–water partition coefficient (Wildman–Crippen LogP) is 8.59. The summed E-state index contributed by atoms with van der Waals surface area (Å²) in [5, 5.41) is 13.9. The first kappa shape index (κ1) is 42.1. The molecule has 1 aliphatic heterocycles. The van der Waals surface area contributed by atoms with Gasteiger partial charge in [0.05, 0.1) is 27.7 Å². The van der Waals surface area contributed by atoms with Crippen LogP contribution in [0.1, 0.15) is 92.8 Å². The average Bonchev–Trinajstić information content (AvgIpc) is 3.69. The molecule has 0 aromatic heterocycles. The highest BCUT2D eigenvalue weighted by molar-refractivity contribution is 6.01. The third-order valence-electron chi connectivity index (χ3n) is 10.4. The van der Waals surface area contributed by atoms with Gasteiger partial charge in [-0.3, -0.25) is 14.4 Å². The molecule has 2 N–H and O–H groups in total. The molecule has 1 saturated carbocycles. The number of anilines is 1. The van der Waals surface area contributed by atoms with E-state index < -0.39 is 17.6 Å². The van der Waals surface area contributed by atoms with E-state index in [9.17, 15) is 19.2 Å². The number of quaternary nitrogens is 1. The molecular weight excluding hydrogens is 705 g/mol. The number of carbonyl (C=O) groups excluding carboxylic acids is 4. The molecule has 0 unspecified atom stereocenters. The summed E-state index contributed by atoms with van der Waals surface area (Å²) in [4.78, 5) is 57.0. The van der Waals surface area contributed by atoms with Crippen LogP contribution in [0.15, 0.2) is 82.0 Å². The van der Waals surface area contributed by atoms with Gasteiger partial charge in [0.15, 0.2) is 18.3 Å². The van der Waals surface area contributed by atoms with Crippen LogP contribution in [-0.2, 0) is 20.7 Å². The van der Waals surface area contributed by atoms with Crippen molar-refractivity contribution in [2.24, 2.45) is 33.0 Å². The molecule has 2 aliphatic rings. The number of nitrogens with one attached hydrogen (secondary N) is 2. The molecule has 0 saturated heterocycles. The number of aryl methyl sites for hydroxylation is 1.